The fourth-order valence-electron chi connectivity index (χ4n) is 2.40. The maximum atomic E-state index is 11.2. The van der Waals surface area contributed by atoms with Gasteiger partial charge in [-0.15, -0.1) is 0 Å². The Balaban J connectivity index is 1.77. The number of halogens is 1. The molecule has 1 aromatic carbocycles. The highest BCUT2D eigenvalue weighted by atomic mass is 35.5. The number of carbonyl (C=O) groups excluding carboxylic acids is 1. The number of nitrogens with one attached hydrogen (secondary N) is 1. The fourth-order valence-corrected chi connectivity index (χ4v) is 2.64. The maximum absolute atomic E-state index is 11.2. The number of benzene rings is 1. The molecule has 0 spiro atoms. The zero-order chi connectivity index (χ0) is 16.1. The van der Waals surface area contributed by atoms with Crippen LogP contribution >= 0.6 is 11.6 Å². The van der Waals surface area contributed by atoms with Crippen LogP contribution in [0.3, 0.4) is 0 Å². The van der Waals surface area contributed by atoms with Crippen molar-refractivity contribution in [2.24, 2.45) is 0 Å². The average Bonchev–Trinajstić information content (AvgIpc) is 2.49. The highest BCUT2D eigenvalue weighted by Gasteiger charge is 2.18. The molecular weight excluding hydrogens is 308 g/mol. The molecule has 0 saturated carbocycles. The molecule has 1 fully saturated rings. The monoisotopic (exact) mass is 326 g/mol. The van der Waals surface area contributed by atoms with Crippen molar-refractivity contribution in [2.45, 2.75) is 6.92 Å². The SMILES string of the molecule is CC(=O)N1CCN(CCNc2ccc([N+](=O)[O-])cc2Cl)CC1. The Morgan fingerprint density at radius 1 is 1.36 bits per heavy atom. The molecule has 0 aliphatic carbocycles. The van der Waals surface area contributed by atoms with Crippen LogP contribution in [-0.2, 0) is 4.79 Å². The number of anilines is 1. The van der Waals surface area contributed by atoms with Crippen molar-refractivity contribution in [3.05, 3.63) is 33.3 Å². The third kappa shape index (κ3) is 4.32. The highest BCUT2D eigenvalue weighted by Crippen LogP contribution is 2.26. The summed E-state index contributed by atoms with van der Waals surface area (Å²) < 4.78 is 0. The molecule has 1 saturated heterocycles. The number of amides is 1. The smallest absolute Gasteiger partial charge is 0.271 e. The minimum Gasteiger partial charge on any atom is -0.383 e. The predicted octanol–water partition coefficient (Wildman–Crippen LogP) is 1.82. The standard InChI is InChI=1S/C14H19ClN4O3/c1-11(20)18-8-6-17(7-9-18)5-4-16-14-3-2-12(19(21)22)10-13(14)15/h2-3,10,16H,4-9H2,1H3. The normalized spacial score (nSPS) is 15.6. The van der Waals surface area contributed by atoms with Gasteiger partial charge >= 0.3 is 0 Å². The van der Waals surface area contributed by atoms with Crippen molar-refractivity contribution in [3.8, 4) is 0 Å². The number of piperazine rings is 1. The lowest BCUT2D eigenvalue weighted by Gasteiger charge is -2.34. The van der Waals surface area contributed by atoms with E-state index in [-0.39, 0.29) is 11.6 Å². The third-order valence-corrected chi connectivity index (χ3v) is 4.04. The van der Waals surface area contributed by atoms with Crippen LogP contribution in [-0.4, -0.2) is 59.9 Å². The van der Waals surface area contributed by atoms with E-state index in [1.807, 2.05) is 4.90 Å². The van der Waals surface area contributed by atoms with E-state index in [4.69, 9.17) is 11.6 Å². The van der Waals surface area contributed by atoms with Crippen LogP contribution in [0.4, 0.5) is 11.4 Å². The first-order valence-electron chi connectivity index (χ1n) is 7.13. The van der Waals surface area contributed by atoms with Gasteiger partial charge < -0.3 is 10.2 Å². The van der Waals surface area contributed by atoms with Gasteiger partial charge in [-0.3, -0.25) is 19.8 Å². The van der Waals surface area contributed by atoms with E-state index in [2.05, 4.69) is 10.2 Å². The Morgan fingerprint density at radius 3 is 2.59 bits per heavy atom. The number of rotatable bonds is 5. The van der Waals surface area contributed by atoms with Gasteiger partial charge in [0.25, 0.3) is 5.69 Å². The summed E-state index contributed by atoms with van der Waals surface area (Å²) in [7, 11) is 0. The second kappa shape index (κ2) is 7.42. The van der Waals surface area contributed by atoms with Crippen molar-refractivity contribution in [1.82, 2.24) is 9.80 Å². The van der Waals surface area contributed by atoms with Crippen molar-refractivity contribution < 1.29 is 9.72 Å². The number of non-ortho nitro benzene ring substituents is 1. The lowest BCUT2D eigenvalue weighted by molar-refractivity contribution is -0.384. The highest BCUT2D eigenvalue weighted by molar-refractivity contribution is 6.33. The van der Waals surface area contributed by atoms with Crippen LogP contribution in [0.1, 0.15) is 6.92 Å². The van der Waals surface area contributed by atoms with Gasteiger partial charge in [0.1, 0.15) is 0 Å². The molecule has 1 N–H and O–H groups in total. The molecule has 120 valence electrons. The Kier molecular flexibility index (Phi) is 5.57. The number of hydrogen-bond acceptors (Lipinski definition) is 5. The van der Waals surface area contributed by atoms with E-state index in [0.717, 1.165) is 32.7 Å². The summed E-state index contributed by atoms with van der Waals surface area (Å²) in [6, 6.07) is 4.39. The molecule has 1 amide bonds. The second-order valence-corrected chi connectivity index (χ2v) is 5.60. The Labute approximate surface area is 134 Å². The van der Waals surface area contributed by atoms with E-state index < -0.39 is 4.92 Å². The van der Waals surface area contributed by atoms with E-state index >= 15 is 0 Å². The van der Waals surface area contributed by atoms with Crippen LogP contribution < -0.4 is 5.32 Å². The molecule has 8 heteroatoms. The van der Waals surface area contributed by atoms with Crippen molar-refractivity contribution in [1.29, 1.82) is 0 Å². The van der Waals surface area contributed by atoms with E-state index in [1.165, 1.54) is 12.1 Å². The number of hydrogen-bond donors (Lipinski definition) is 1. The zero-order valence-electron chi connectivity index (χ0n) is 12.4. The van der Waals surface area contributed by atoms with Crippen molar-refractivity contribution in [2.75, 3.05) is 44.6 Å². The van der Waals surface area contributed by atoms with Gasteiger partial charge in [0, 0.05) is 58.3 Å². The predicted molar refractivity (Wildman–Crippen MR) is 85.3 cm³/mol. The summed E-state index contributed by atoms with van der Waals surface area (Å²) in [5.41, 5.74) is 0.672. The Morgan fingerprint density at radius 2 is 2.05 bits per heavy atom. The van der Waals surface area contributed by atoms with Crippen LogP contribution in [0.5, 0.6) is 0 Å². The first kappa shape index (κ1) is 16.5. The number of nitro benzene ring substituents is 1. The summed E-state index contributed by atoms with van der Waals surface area (Å²) in [5, 5.41) is 14.2. The van der Waals surface area contributed by atoms with Gasteiger partial charge in [-0.2, -0.15) is 0 Å². The molecule has 1 aliphatic rings. The van der Waals surface area contributed by atoms with E-state index in [9.17, 15) is 14.9 Å². The van der Waals surface area contributed by atoms with E-state index in [0.29, 0.717) is 17.3 Å². The van der Waals surface area contributed by atoms with Gasteiger partial charge in [-0.05, 0) is 6.07 Å². The first-order valence-corrected chi connectivity index (χ1v) is 7.51. The molecule has 2 rings (SSSR count). The van der Waals surface area contributed by atoms with Crippen molar-refractivity contribution in [3.63, 3.8) is 0 Å². The quantitative estimate of drug-likeness (QED) is 0.659. The fraction of sp³-hybridized carbons (Fsp3) is 0.500. The first-order chi connectivity index (χ1) is 10.5. The number of carbonyl (C=O) groups is 1. The molecule has 0 atom stereocenters. The molecule has 1 heterocycles. The topological polar surface area (TPSA) is 78.7 Å². The summed E-state index contributed by atoms with van der Waals surface area (Å²) in [4.78, 5) is 25.5. The molecular formula is C14H19ClN4O3. The Bertz CT molecular complexity index is 559. The summed E-state index contributed by atoms with van der Waals surface area (Å²) in [5.74, 6) is 0.121. The van der Waals surface area contributed by atoms with Gasteiger partial charge in [-0.1, -0.05) is 11.6 Å². The summed E-state index contributed by atoms with van der Waals surface area (Å²) in [6.45, 7) is 6.34. The molecule has 1 aliphatic heterocycles. The minimum atomic E-state index is -0.468. The number of nitrogens with zero attached hydrogens (tertiary/aromatic N) is 3. The lowest BCUT2D eigenvalue weighted by atomic mass is 10.2. The minimum absolute atomic E-state index is 0.0177. The molecule has 0 radical (unpaired) electrons. The maximum Gasteiger partial charge on any atom is 0.271 e. The van der Waals surface area contributed by atoms with Gasteiger partial charge in [0.2, 0.25) is 5.91 Å². The van der Waals surface area contributed by atoms with E-state index in [1.54, 1.807) is 13.0 Å². The molecule has 7 nitrogen and oxygen atoms in total. The lowest BCUT2D eigenvalue weighted by Crippen LogP contribution is -2.49. The van der Waals surface area contributed by atoms with Crippen LogP contribution in [0.25, 0.3) is 0 Å². The third-order valence-electron chi connectivity index (χ3n) is 3.72. The largest absolute Gasteiger partial charge is 0.383 e. The van der Waals surface area contributed by atoms with Gasteiger partial charge in [0.15, 0.2) is 0 Å². The van der Waals surface area contributed by atoms with Gasteiger partial charge in [0.05, 0.1) is 15.6 Å². The van der Waals surface area contributed by atoms with Crippen LogP contribution in [0, 0.1) is 10.1 Å². The van der Waals surface area contributed by atoms with Crippen LogP contribution in [0.15, 0.2) is 18.2 Å². The summed E-state index contributed by atoms with van der Waals surface area (Å²) in [6.07, 6.45) is 0. The molecule has 0 aromatic heterocycles. The second-order valence-electron chi connectivity index (χ2n) is 5.20. The summed E-state index contributed by atoms with van der Waals surface area (Å²) >= 11 is 6.02. The van der Waals surface area contributed by atoms with Crippen molar-refractivity contribution >= 4 is 28.9 Å². The molecule has 22 heavy (non-hydrogen) atoms. The van der Waals surface area contributed by atoms with Gasteiger partial charge in [-0.25, -0.2) is 0 Å². The Hall–Kier alpha value is -1.86. The zero-order valence-corrected chi connectivity index (χ0v) is 13.2. The number of nitro groups is 1. The molecule has 1 aromatic rings. The molecule has 0 bridgehead atoms. The van der Waals surface area contributed by atoms with Crippen LogP contribution in [0.2, 0.25) is 5.02 Å². The molecule has 0 unspecified atom stereocenters. The average molecular weight is 327 g/mol.